The smallest absolute Gasteiger partial charge is 0.293 e. The molecular weight excluding hydrogens is 380 g/mol. The SMILES string of the molecule is Nc1nonc1-n1nnc(C(=O)N/N=C\c2ccncc2)c1CN1CCOCC1. The van der Waals surface area contributed by atoms with Gasteiger partial charge in [0.2, 0.25) is 11.6 Å². The lowest BCUT2D eigenvalue weighted by Gasteiger charge is -2.26. The Bertz CT molecular complexity index is 994. The maximum Gasteiger partial charge on any atom is 0.293 e. The predicted molar refractivity (Wildman–Crippen MR) is 99.0 cm³/mol. The van der Waals surface area contributed by atoms with E-state index < -0.39 is 5.91 Å². The average molecular weight is 398 g/mol. The number of aromatic nitrogens is 6. The molecule has 4 heterocycles. The molecule has 1 fully saturated rings. The van der Waals surface area contributed by atoms with Gasteiger partial charge in [0.1, 0.15) is 0 Å². The molecule has 3 N–H and O–H groups in total. The summed E-state index contributed by atoms with van der Waals surface area (Å²) in [5, 5.41) is 19.3. The molecule has 0 bridgehead atoms. The van der Waals surface area contributed by atoms with Crippen LogP contribution in [0.1, 0.15) is 21.7 Å². The molecule has 3 aromatic heterocycles. The summed E-state index contributed by atoms with van der Waals surface area (Å²) in [5.41, 5.74) is 9.63. The van der Waals surface area contributed by atoms with Gasteiger partial charge in [-0.3, -0.25) is 14.7 Å². The maximum atomic E-state index is 12.7. The van der Waals surface area contributed by atoms with Crippen LogP contribution in [0, 0.1) is 0 Å². The van der Waals surface area contributed by atoms with Gasteiger partial charge in [-0.05, 0) is 28.0 Å². The van der Waals surface area contributed by atoms with Crippen LogP contribution in [0.15, 0.2) is 34.3 Å². The lowest BCUT2D eigenvalue weighted by Crippen LogP contribution is -2.37. The zero-order chi connectivity index (χ0) is 20.1. The molecule has 4 rings (SSSR count). The molecule has 0 saturated carbocycles. The fourth-order valence-electron chi connectivity index (χ4n) is 2.77. The zero-order valence-electron chi connectivity index (χ0n) is 15.3. The van der Waals surface area contributed by atoms with Crippen LogP contribution in [0.25, 0.3) is 5.82 Å². The summed E-state index contributed by atoms with van der Waals surface area (Å²) >= 11 is 0. The van der Waals surface area contributed by atoms with Gasteiger partial charge in [-0.25, -0.2) is 10.1 Å². The Kier molecular flexibility index (Phi) is 5.49. The molecule has 1 amide bonds. The number of pyridine rings is 1. The van der Waals surface area contributed by atoms with Crippen LogP contribution in [0.4, 0.5) is 5.82 Å². The fraction of sp³-hybridized carbons (Fsp3) is 0.312. The zero-order valence-corrected chi connectivity index (χ0v) is 15.3. The summed E-state index contributed by atoms with van der Waals surface area (Å²) < 4.78 is 11.4. The Balaban J connectivity index is 1.58. The van der Waals surface area contributed by atoms with E-state index in [4.69, 9.17) is 10.5 Å². The van der Waals surface area contributed by atoms with E-state index in [2.05, 4.69) is 45.7 Å². The van der Waals surface area contributed by atoms with E-state index in [9.17, 15) is 4.79 Å². The van der Waals surface area contributed by atoms with Crippen molar-refractivity contribution in [2.45, 2.75) is 6.54 Å². The molecule has 0 aromatic carbocycles. The first-order valence-electron chi connectivity index (χ1n) is 8.79. The normalized spacial score (nSPS) is 15.0. The number of carbonyl (C=O) groups excluding carboxylic acids is 1. The second-order valence-corrected chi connectivity index (χ2v) is 6.14. The highest BCUT2D eigenvalue weighted by Gasteiger charge is 2.26. The van der Waals surface area contributed by atoms with E-state index in [0.717, 1.165) is 5.56 Å². The maximum absolute atomic E-state index is 12.7. The van der Waals surface area contributed by atoms with Crippen molar-refractivity contribution in [3.05, 3.63) is 41.5 Å². The molecule has 0 aliphatic carbocycles. The van der Waals surface area contributed by atoms with Gasteiger partial charge in [-0.1, -0.05) is 5.21 Å². The summed E-state index contributed by atoms with van der Waals surface area (Å²) in [7, 11) is 0. The first-order valence-corrected chi connectivity index (χ1v) is 8.79. The number of amides is 1. The van der Waals surface area contributed by atoms with Crippen LogP contribution in [0.3, 0.4) is 0 Å². The van der Waals surface area contributed by atoms with Crippen molar-refractivity contribution in [1.29, 1.82) is 0 Å². The first kappa shape index (κ1) is 18.6. The largest absolute Gasteiger partial charge is 0.379 e. The second-order valence-electron chi connectivity index (χ2n) is 6.14. The number of ether oxygens (including phenoxy) is 1. The van der Waals surface area contributed by atoms with Crippen LogP contribution >= 0.6 is 0 Å². The highest BCUT2D eigenvalue weighted by atomic mass is 16.6. The molecule has 150 valence electrons. The molecule has 3 aromatic rings. The first-order chi connectivity index (χ1) is 14.2. The lowest BCUT2D eigenvalue weighted by atomic mass is 10.2. The molecular formula is C16H18N10O3. The van der Waals surface area contributed by atoms with Gasteiger partial charge in [-0.15, -0.1) is 5.10 Å². The highest BCUT2D eigenvalue weighted by molar-refractivity contribution is 5.94. The number of anilines is 1. The monoisotopic (exact) mass is 398 g/mol. The van der Waals surface area contributed by atoms with Crippen LogP contribution in [0.2, 0.25) is 0 Å². The van der Waals surface area contributed by atoms with E-state index in [0.29, 0.717) is 38.5 Å². The van der Waals surface area contributed by atoms with Crippen LogP contribution < -0.4 is 11.2 Å². The van der Waals surface area contributed by atoms with Gasteiger partial charge < -0.3 is 10.5 Å². The van der Waals surface area contributed by atoms with Crippen LogP contribution in [0.5, 0.6) is 0 Å². The van der Waals surface area contributed by atoms with E-state index in [1.165, 1.54) is 10.9 Å². The van der Waals surface area contributed by atoms with Crippen molar-refractivity contribution < 1.29 is 14.2 Å². The molecule has 13 nitrogen and oxygen atoms in total. The summed E-state index contributed by atoms with van der Waals surface area (Å²) in [6.45, 7) is 3.01. The fourth-order valence-corrected chi connectivity index (χ4v) is 2.77. The predicted octanol–water partition coefficient (Wildman–Crippen LogP) is -0.776. The van der Waals surface area contributed by atoms with Gasteiger partial charge in [0.15, 0.2) is 5.69 Å². The van der Waals surface area contributed by atoms with Gasteiger partial charge in [0.25, 0.3) is 5.91 Å². The van der Waals surface area contributed by atoms with Gasteiger partial charge >= 0.3 is 0 Å². The quantitative estimate of drug-likeness (QED) is 0.398. The number of nitrogens with one attached hydrogen (secondary N) is 1. The van der Waals surface area contributed by atoms with Crippen LogP contribution in [-0.4, -0.2) is 73.6 Å². The Morgan fingerprint density at radius 3 is 2.79 bits per heavy atom. The molecule has 1 saturated heterocycles. The number of carbonyl (C=O) groups is 1. The molecule has 0 radical (unpaired) electrons. The summed E-state index contributed by atoms with van der Waals surface area (Å²) in [6, 6.07) is 3.52. The second kappa shape index (κ2) is 8.53. The number of hydrazone groups is 1. The van der Waals surface area contributed by atoms with Crippen LogP contribution in [-0.2, 0) is 11.3 Å². The minimum absolute atomic E-state index is 0.0424. The molecule has 29 heavy (non-hydrogen) atoms. The Hall–Kier alpha value is -3.71. The van der Waals surface area contributed by atoms with Crippen molar-refractivity contribution >= 4 is 17.9 Å². The third kappa shape index (κ3) is 4.25. The van der Waals surface area contributed by atoms with E-state index in [1.54, 1.807) is 24.5 Å². The Morgan fingerprint density at radius 2 is 2.07 bits per heavy atom. The van der Waals surface area contributed by atoms with Gasteiger partial charge in [-0.2, -0.15) is 9.78 Å². The number of nitrogens with zero attached hydrogens (tertiary/aromatic N) is 8. The molecule has 0 unspecified atom stereocenters. The van der Waals surface area contributed by atoms with E-state index in [1.807, 2.05) is 0 Å². The molecule has 0 atom stereocenters. The van der Waals surface area contributed by atoms with Crippen molar-refractivity contribution in [3.63, 3.8) is 0 Å². The molecule has 1 aliphatic heterocycles. The number of rotatable bonds is 6. The van der Waals surface area contributed by atoms with Crippen molar-refractivity contribution in [1.82, 2.24) is 40.6 Å². The van der Waals surface area contributed by atoms with Crippen molar-refractivity contribution in [2.75, 3.05) is 32.0 Å². The Labute approximate surface area is 164 Å². The molecule has 1 aliphatic rings. The summed E-state index contributed by atoms with van der Waals surface area (Å²) in [6.07, 6.45) is 4.77. The third-order valence-corrected chi connectivity index (χ3v) is 4.24. The molecule has 13 heteroatoms. The lowest BCUT2D eigenvalue weighted by molar-refractivity contribution is 0.0332. The number of nitrogen functional groups attached to an aromatic ring is 1. The average Bonchev–Trinajstić information content (AvgIpc) is 3.35. The highest BCUT2D eigenvalue weighted by Crippen LogP contribution is 2.18. The standard InChI is InChI=1S/C16H18N10O3/c17-14-15(23-29-22-14)26-12(10-25-5-7-28-8-6-25)13(20-24-26)16(27)21-19-9-11-1-3-18-4-2-11/h1-4,9H,5-8,10H2,(H2,17,22)(H,21,27)/b19-9-. The van der Waals surface area contributed by atoms with Gasteiger partial charge in [0, 0.05) is 32.0 Å². The number of nitrogens with two attached hydrogens (primary N) is 1. The van der Waals surface area contributed by atoms with Crippen molar-refractivity contribution in [2.24, 2.45) is 5.10 Å². The number of morpholine rings is 1. The summed E-state index contributed by atoms with van der Waals surface area (Å²) in [4.78, 5) is 18.7. The van der Waals surface area contributed by atoms with Crippen molar-refractivity contribution in [3.8, 4) is 5.82 Å². The Morgan fingerprint density at radius 1 is 1.28 bits per heavy atom. The third-order valence-electron chi connectivity index (χ3n) is 4.24. The minimum atomic E-state index is -0.514. The number of hydrogen-bond donors (Lipinski definition) is 2. The summed E-state index contributed by atoms with van der Waals surface area (Å²) in [5.74, 6) is -0.305. The van der Waals surface area contributed by atoms with Gasteiger partial charge in [0.05, 0.1) is 25.1 Å². The topological polar surface area (TPSA) is 162 Å². The number of hydrogen-bond acceptors (Lipinski definition) is 11. The van der Waals surface area contributed by atoms with E-state index >= 15 is 0 Å². The van der Waals surface area contributed by atoms with E-state index in [-0.39, 0.29) is 17.3 Å². The molecule has 0 spiro atoms. The minimum Gasteiger partial charge on any atom is -0.379 e.